The van der Waals surface area contributed by atoms with Crippen molar-refractivity contribution >= 4 is 28.9 Å². The Labute approximate surface area is 186 Å². The van der Waals surface area contributed by atoms with Crippen LogP contribution in [0.1, 0.15) is 40.0 Å². The topological polar surface area (TPSA) is 105 Å². The van der Waals surface area contributed by atoms with E-state index in [-0.39, 0.29) is 17.2 Å². The van der Waals surface area contributed by atoms with Crippen LogP contribution in [-0.2, 0) is 4.74 Å². The number of amides is 2. The first-order valence-corrected chi connectivity index (χ1v) is 10.8. The van der Waals surface area contributed by atoms with Crippen molar-refractivity contribution in [3.63, 3.8) is 0 Å². The van der Waals surface area contributed by atoms with Crippen molar-refractivity contribution in [2.45, 2.75) is 19.3 Å². The number of ether oxygens (including phenoxy) is 1. The molecule has 0 atom stereocenters. The molecular formula is C23H26N4O5. The van der Waals surface area contributed by atoms with Crippen LogP contribution in [0, 0.1) is 10.1 Å². The Morgan fingerprint density at radius 3 is 2.41 bits per heavy atom. The van der Waals surface area contributed by atoms with Gasteiger partial charge in [-0.25, -0.2) is 0 Å². The van der Waals surface area contributed by atoms with Gasteiger partial charge in [0.2, 0.25) is 0 Å². The fourth-order valence-corrected chi connectivity index (χ4v) is 4.10. The highest BCUT2D eigenvalue weighted by Gasteiger charge is 2.23. The number of carbonyl (C=O) groups excluding carboxylic acids is 2. The number of benzene rings is 2. The van der Waals surface area contributed by atoms with E-state index in [1.54, 1.807) is 41.3 Å². The number of rotatable bonds is 5. The molecule has 2 heterocycles. The molecule has 2 aromatic carbocycles. The number of nitrogens with zero attached hydrogens (tertiary/aromatic N) is 3. The first kappa shape index (κ1) is 21.8. The zero-order valence-corrected chi connectivity index (χ0v) is 17.8. The molecule has 0 aliphatic carbocycles. The molecule has 0 radical (unpaired) electrons. The number of piperidine rings is 1. The zero-order chi connectivity index (χ0) is 22.5. The summed E-state index contributed by atoms with van der Waals surface area (Å²) in [7, 11) is 0. The Hall–Kier alpha value is -3.46. The SMILES string of the molecule is O=C(Nc1cccc(C(=O)N2CCOCC2)c1)c1ccc(N2CCCCC2)c([N+](=O)[O-])c1. The second-order valence-corrected chi connectivity index (χ2v) is 7.95. The standard InChI is InChI=1S/C23H26N4O5/c28-22(17-7-8-20(21(16-17)27(30)31)25-9-2-1-3-10-25)24-19-6-4-5-18(15-19)23(29)26-11-13-32-14-12-26/h4-8,15-16H,1-3,9-14H2,(H,24,28). The van der Waals surface area contributed by atoms with Gasteiger partial charge in [-0.15, -0.1) is 0 Å². The molecule has 2 aromatic rings. The highest BCUT2D eigenvalue weighted by Crippen LogP contribution is 2.31. The van der Waals surface area contributed by atoms with Gasteiger partial charge in [-0.3, -0.25) is 19.7 Å². The van der Waals surface area contributed by atoms with E-state index in [0.717, 1.165) is 32.4 Å². The molecule has 2 aliphatic heterocycles. The lowest BCUT2D eigenvalue weighted by molar-refractivity contribution is -0.384. The lowest BCUT2D eigenvalue weighted by Gasteiger charge is -2.28. The lowest BCUT2D eigenvalue weighted by Crippen LogP contribution is -2.40. The summed E-state index contributed by atoms with van der Waals surface area (Å²) in [4.78, 5) is 40.4. The lowest BCUT2D eigenvalue weighted by atomic mass is 10.1. The fraction of sp³-hybridized carbons (Fsp3) is 0.391. The van der Waals surface area contributed by atoms with E-state index in [9.17, 15) is 19.7 Å². The summed E-state index contributed by atoms with van der Waals surface area (Å²) in [6, 6.07) is 11.3. The van der Waals surface area contributed by atoms with Crippen LogP contribution in [-0.4, -0.2) is 61.0 Å². The van der Waals surface area contributed by atoms with E-state index in [4.69, 9.17) is 4.74 Å². The molecule has 9 nitrogen and oxygen atoms in total. The van der Waals surface area contributed by atoms with Crippen LogP contribution in [0.25, 0.3) is 0 Å². The van der Waals surface area contributed by atoms with Gasteiger partial charge in [0.25, 0.3) is 17.5 Å². The molecule has 168 valence electrons. The predicted molar refractivity (Wildman–Crippen MR) is 120 cm³/mol. The smallest absolute Gasteiger partial charge is 0.293 e. The van der Waals surface area contributed by atoms with Gasteiger partial charge in [-0.05, 0) is 49.6 Å². The van der Waals surface area contributed by atoms with Crippen LogP contribution >= 0.6 is 0 Å². The third-order valence-corrected chi connectivity index (χ3v) is 5.80. The summed E-state index contributed by atoms with van der Waals surface area (Å²) in [5.74, 6) is -0.583. The molecule has 2 fully saturated rings. The molecule has 4 rings (SSSR count). The van der Waals surface area contributed by atoms with Crippen LogP contribution in [0.2, 0.25) is 0 Å². The monoisotopic (exact) mass is 438 g/mol. The minimum Gasteiger partial charge on any atom is -0.378 e. The van der Waals surface area contributed by atoms with Gasteiger partial charge < -0.3 is 19.9 Å². The second-order valence-electron chi connectivity index (χ2n) is 7.95. The Morgan fingerprint density at radius 2 is 1.69 bits per heavy atom. The van der Waals surface area contributed by atoms with Crippen LogP contribution in [0.4, 0.5) is 17.1 Å². The number of hydrogen-bond donors (Lipinski definition) is 1. The average Bonchev–Trinajstić information content (AvgIpc) is 2.84. The number of nitro benzene ring substituents is 1. The molecule has 2 aliphatic rings. The van der Waals surface area contributed by atoms with Gasteiger partial charge >= 0.3 is 0 Å². The van der Waals surface area contributed by atoms with E-state index < -0.39 is 10.8 Å². The van der Waals surface area contributed by atoms with Crippen molar-refractivity contribution in [2.24, 2.45) is 0 Å². The summed E-state index contributed by atoms with van der Waals surface area (Å²) < 4.78 is 5.28. The summed E-state index contributed by atoms with van der Waals surface area (Å²) in [5.41, 5.74) is 1.59. The maximum atomic E-state index is 12.8. The summed E-state index contributed by atoms with van der Waals surface area (Å²) >= 11 is 0. The first-order chi connectivity index (χ1) is 15.5. The molecular weight excluding hydrogens is 412 g/mol. The van der Waals surface area contributed by atoms with Gasteiger partial charge in [0.15, 0.2) is 0 Å². The minimum absolute atomic E-state index is 0.0733. The first-order valence-electron chi connectivity index (χ1n) is 10.8. The van der Waals surface area contributed by atoms with E-state index in [1.165, 1.54) is 6.07 Å². The van der Waals surface area contributed by atoms with Gasteiger partial charge in [0.05, 0.1) is 18.1 Å². The predicted octanol–water partition coefficient (Wildman–Crippen LogP) is 3.31. The molecule has 2 amide bonds. The van der Waals surface area contributed by atoms with Crippen LogP contribution in [0.5, 0.6) is 0 Å². The van der Waals surface area contributed by atoms with E-state index in [0.29, 0.717) is 43.2 Å². The average molecular weight is 438 g/mol. The van der Waals surface area contributed by atoms with Gasteiger partial charge in [0.1, 0.15) is 5.69 Å². The van der Waals surface area contributed by atoms with Crippen molar-refractivity contribution in [1.82, 2.24) is 4.90 Å². The van der Waals surface area contributed by atoms with Gasteiger partial charge in [0, 0.05) is 49.1 Å². The molecule has 32 heavy (non-hydrogen) atoms. The highest BCUT2D eigenvalue weighted by atomic mass is 16.6. The van der Waals surface area contributed by atoms with Crippen molar-refractivity contribution in [1.29, 1.82) is 0 Å². The van der Waals surface area contributed by atoms with Crippen molar-refractivity contribution in [3.05, 3.63) is 63.7 Å². The third-order valence-electron chi connectivity index (χ3n) is 5.80. The maximum Gasteiger partial charge on any atom is 0.293 e. The molecule has 0 bridgehead atoms. The van der Waals surface area contributed by atoms with E-state index >= 15 is 0 Å². The number of nitrogens with one attached hydrogen (secondary N) is 1. The highest BCUT2D eigenvalue weighted by molar-refractivity contribution is 6.06. The molecule has 0 aromatic heterocycles. The number of anilines is 2. The number of nitro groups is 1. The Bertz CT molecular complexity index is 1010. The quantitative estimate of drug-likeness (QED) is 0.567. The van der Waals surface area contributed by atoms with Crippen molar-refractivity contribution in [3.8, 4) is 0 Å². The van der Waals surface area contributed by atoms with E-state index in [1.807, 2.05) is 4.90 Å². The zero-order valence-electron chi connectivity index (χ0n) is 17.8. The molecule has 0 spiro atoms. The molecule has 2 saturated heterocycles. The number of hydrogen-bond acceptors (Lipinski definition) is 6. The summed E-state index contributed by atoms with van der Waals surface area (Å²) in [6.45, 7) is 3.63. The third kappa shape index (κ3) is 4.88. The largest absolute Gasteiger partial charge is 0.378 e. The Morgan fingerprint density at radius 1 is 0.938 bits per heavy atom. The Balaban J connectivity index is 1.50. The van der Waals surface area contributed by atoms with Crippen LogP contribution < -0.4 is 10.2 Å². The van der Waals surface area contributed by atoms with Crippen LogP contribution in [0.15, 0.2) is 42.5 Å². The van der Waals surface area contributed by atoms with E-state index in [2.05, 4.69) is 5.32 Å². The minimum atomic E-state index is -0.464. The van der Waals surface area contributed by atoms with Crippen LogP contribution in [0.3, 0.4) is 0 Å². The fourth-order valence-electron chi connectivity index (χ4n) is 4.10. The number of carbonyl (C=O) groups is 2. The van der Waals surface area contributed by atoms with Gasteiger partial charge in [-0.1, -0.05) is 6.07 Å². The van der Waals surface area contributed by atoms with Gasteiger partial charge in [-0.2, -0.15) is 0 Å². The summed E-state index contributed by atoms with van der Waals surface area (Å²) in [6.07, 6.45) is 3.12. The number of morpholine rings is 1. The molecule has 0 saturated carbocycles. The van der Waals surface area contributed by atoms with Crippen molar-refractivity contribution in [2.75, 3.05) is 49.6 Å². The maximum absolute atomic E-state index is 12.8. The summed E-state index contributed by atoms with van der Waals surface area (Å²) in [5, 5.41) is 14.4. The normalized spacial score (nSPS) is 16.5. The molecule has 0 unspecified atom stereocenters. The second kappa shape index (κ2) is 9.78. The Kier molecular flexibility index (Phi) is 6.65. The van der Waals surface area contributed by atoms with Crippen molar-refractivity contribution < 1.29 is 19.2 Å². The molecule has 9 heteroatoms. The molecule has 1 N–H and O–H groups in total.